The van der Waals surface area contributed by atoms with E-state index >= 15 is 0 Å². The lowest BCUT2D eigenvalue weighted by molar-refractivity contribution is 0.527. The van der Waals surface area contributed by atoms with Crippen molar-refractivity contribution in [2.45, 2.75) is 13.0 Å². The minimum Gasteiger partial charge on any atom is -0.309 e. The first-order valence-electron chi connectivity index (χ1n) is 5.15. The fraction of sp³-hybridized carbons (Fsp3) is 0.455. The van der Waals surface area contributed by atoms with E-state index in [0.717, 1.165) is 24.5 Å². The van der Waals surface area contributed by atoms with Crippen LogP contribution in [0.4, 0.5) is 8.78 Å². The number of halogens is 2. The molecule has 1 aromatic carbocycles. The van der Waals surface area contributed by atoms with Crippen LogP contribution >= 0.6 is 0 Å². The summed E-state index contributed by atoms with van der Waals surface area (Å²) in [5, 5.41) is 2.84. The molecule has 1 aromatic rings. The molecule has 96 valence electrons. The molecule has 6 heteroatoms. The lowest BCUT2D eigenvalue weighted by Crippen LogP contribution is -2.25. The monoisotopic (exact) mass is 263 g/mol. The van der Waals surface area contributed by atoms with Crippen molar-refractivity contribution in [2.75, 3.05) is 18.6 Å². The van der Waals surface area contributed by atoms with E-state index in [1.165, 1.54) is 0 Å². The highest BCUT2D eigenvalue weighted by Gasteiger charge is 2.12. The Morgan fingerprint density at radius 2 is 2.00 bits per heavy atom. The van der Waals surface area contributed by atoms with Gasteiger partial charge in [0, 0.05) is 24.4 Å². The molecular weight excluding hydrogens is 248 g/mol. The topological polar surface area (TPSA) is 46.2 Å². The van der Waals surface area contributed by atoms with Crippen molar-refractivity contribution < 1.29 is 17.2 Å². The van der Waals surface area contributed by atoms with Crippen LogP contribution in [0, 0.1) is 11.6 Å². The summed E-state index contributed by atoms with van der Waals surface area (Å²) in [5.74, 6) is -1.06. The molecule has 0 aliphatic rings. The minimum atomic E-state index is -3.05. The van der Waals surface area contributed by atoms with Crippen LogP contribution in [0.1, 0.15) is 18.5 Å². The Labute approximate surface area is 99.8 Å². The van der Waals surface area contributed by atoms with Crippen molar-refractivity contribution >= 4 is 9.84 Å². The Kier molecular flexibility index (Phi) is 4.59. The zero-order valence-corrected chi connectivity index (χ0v) is 10.5. The largest absolute Gasteiger partial charge is 0.309 e. The fourth-order valence-electron chi connectivity index (χ4n) is 1.42. The molecule has 3 nitrogen and oxygen atoms in total. The van der Waals surface area contributed by atoms with Gasteiger partial charge in [0.25, 0.3) is 0 Å². The van der Waals surface area contributed by atoms with Crippen molar-refractivity contribution in [2.24, 2.45) is 0 Å². The molecular formula is C11H15F2NO2S. The third-order valence-electron chi connectivity index (χ3n) is 2.35. The predicted molar refractivity (Wildman–Crippen MR) is 62.5 cm³/mol. The molecule has 0 aromatic heterocycles. The number of sulfone groups is 1. The first-order chi connectivity index (χ1) is 7.79. The van der Waals surface area contributed by atoms with E-state index in [4.69, 9.17) is 0 Å². The van der Waals surface area contributed by atoms with Gasteiger partial charge in [0.15, 0.2) is 0 Å². The second-order valence-electron chi connectivity index (χ2n) is 3.97. The molecule has 0 fully saturated rings. The first kappa shape index (κ1) is 14.1. The average molecular weight is 263 g/mol. The summed E-state index contributed by atoms with van der Waals surface area (Å²) >= 11 is 0. The molecule has 0 amide bonds. The fourth-order valence-corrected chi connectivity index (χ4v) is 1.91. The third kappa shape index (κ3) is 4.79. The summed E-state index contributed by atoms with van der Waals surface area (Å²) in [6.45, 7) is 1.86. The van der Waals surface area contributed by atoms with Crippen molar-refractivity contribution in [3.8, 4) is 0 Å². The van der Waals surface area contributed by atoms with Gasteiger partial charge in [0.2, 0.25) is 0 Å². The van der Waals surface area contributed by atoms with Crippen molar-refractivity contribution in [1.29, 1.82) is 0 Å². The van der Waals surface area contributed by atoms with Gasteiger partial charge < -0.3 is 5.32 Å². The van der Waals surface area contributed by atoms with Crippen molar-refractivity contribution in [3.05, 3.63) is 35.4 Å². The highest BCUT2D eigenvalue weighted by Crippen LogP contribution is 2.17. The third-order valence-corrected chi connectivity index (χ3v) is 3.29. The van der Waals surface area contributed by atoms with E-state index in [-0.39, 0.29) is 17.9 Å². The maximum atomic E-state index is 13.4. The number of hydrogen-bond acceptors (Lipinski definition) is 3. The molecule has 0 saturated heterocycles. The first-order valence-corrected chi connectivity index (χ1v) is 7.22. The maximum absolute atomic E-state index is 13.4. The second-order valence-corrected chi connectivity index (χ2v) is 6.23. The van der Waals surface area contributed by atoms with Gasteiger partial charge >= 0.3 is 0 Å². The van der Waals surface area contributed by atoms with Crippen LogP contribution in [0.15, 0.2) is 18.2 Å². The molecule has 0 aliphatic carbocycles. The summed E-state index contributed by atoms with van der Waals surface area (Å²) in [6, 6.07) is 2.77. The molecule has 1 rings (SSSR count). The van der Waals surface area contributed by atoms with Crippen LogP contribution < -0.4 is 5.32 Å². The summed E-state index contributed by atoms with van der Waals surface area (Å²) in [6.07, 6.45) is 1.13. The summed E-state index contributed by atoms with van der Waals surface area (Å²) in [4.78, 5) is 0. The molecule has 1 atom stereocenters. The standard InChI is InChI=1S/C11H15F2NO2S/c1-8(14-5-6-17(2,15)16)10-7-9(12)3-4-11(10)13/h3-4,7-8,14H,5-6H2,1-2H3. The van der Waals surface area contributed by atoms with E-state index in [1.807, 2.05) is 0 Å². The quantitative estimate of drug-likeness (QED) is 0.879. The summed E-state index contributed by atoms with van der Waals surface area (Å²) in [7, 11) is -3.05. The predicted octanol–water partition coefficient (Wildman–Crippen LogP) is 1.66. The van der Waals surface area contributed by atoms with E-state index in [9.17, 15) is 17.2 Å². The van der Waals surface area contributed by atoms with Crippen molar-refractivity contribution in [1.82, 2.24) is 5.32 Å². The maximum Gasteiger partial charge on any atom is 0.148 e. The minimum absolute atomic E-state index is 0.0335. The summed E-state index contributed by atoms with van der Waals surface area (Å²) in [5.41, 5.74) is 0.193. The molecule has 0 aliphatic heterocycles. The molecule has 1 N–H and O–H groups in total. The van der Waals surface area contributed by atoms with Crippen LogP contribution in [0.3, 0.4) is 0 Å². The lowest BCUT2D eigenvalue weighted by atomic mass is 10.1. The Morgan fingerprint density at radius 1 is 1.35 bits per heavy atom. The van der Waals surface area contributed by atoms with Gasteiger partial charge in [-0.15, -0.1) is 0 Å². The van der Waals surface area contributed by atoms with Gasteiger partial charge in [-0.2, -0.15) is 0 Å². The van der Waals surface area contributed by atoms with Gasteiger partial charge in [-0.25, -0.2) is 17.2 Å². The van der Waals surface area contributed by atoms with E-state index in [2.05, 4.69) is 5.32 Å². The zero-order valence-electron chi connectivity index (χ0n) is 9.70. The number of benzene rings is 1. The smallest absolute Gasteiger partial charge is 0.148 e. The number of hydrogen-bond donors (Lipinski definition) is 1. The lowest BCUT2D eigenvalue weighted by Gasteiger charge is -2.14. The van der Waals surface area contributed by atoms with Gasteiger partial charge in [-0.1, -0.05) is 0 Å². The molecule has 0 spiro atoms. The number of nitrogens with one attached hydrogen (secondary N) is 1. The Hall–Kier alpha value is -1.01. The second kappa shape index (κ2) is 5.55. The molecule has 0 saturated carbocycles. The Balaban J connectivity index is 2.64. The molecule has 17 heavy (non-hydrogen) atoms. The van der Waals surface area contributed by atoms with Crippen LogP contribution in [-0.4, -0.2) is 27.0 Å². The van der Waals surface area contributed by atoms with E-state index < -0.39 is 27.5 Å². The highest BCUT2D eigenvalue weighted by molar-refractivity contribution is 7.90. The van der Waals surface area contributed by atoms with Crippen LogP contribution in [0.25, 0.3) is 0 Å². The highest BCUT2D eigenvalue weighted by atomic mass is 32.2. The average Bonchev–Trinajstić information content (AvgIpc) is 2.19. The number of rotatable bonds is 5. The van der Waals surface area contributed by atoms with E-state index in [0.29, 0.717) is 0 Å². The normalized spacial score (nSPS) is 13.6. The molecule has 0 bridgehead atoms. The Morgan fingerprint density at radius 3 is 2.59 bits per heavy atom. The van der Waals surface area contributed by atoms with Crippen LogP contribution in [0.2, 0.25) is 0 Å². The van der Waals surface area contributed by atoms with Crippen LogP contribution in [0.5, 0.6) is 0 Å². The van der Waals surface area contributed by atoms with Gasteiger partial charge in [0.05, 0.1) is 5.75 Å². The Bertz CT molecular complexity index is 488. The van der Waals surface area contributed by atoms with Gasteiger partial charge in [-0.3, -0.25) is 0 Å². The summed E-state index contributed by atoms with van der Waals surface area (Å²) < 4.78 is 48.1. The van der Waals surface area contributed by atoms with Gasteiger partial charge in [-0.05, 0) is 25.1 Å². The van der Waals surface area contributed by atoms with Gasteiger partial charge in [0.1, 0.15) is 21.5 Å². The molecule has 0 heterocycles. The SMILES string of the molecule is CC(NCCS(C)(=O)=O)c1cc(F)ccc1F. The molecule has 1 unspecified atom stereocenters. The molecule has 0 radical (unpaired) electrons. The van der Waals surface area contributed by atoms with E-state index in [1.54, 1.807) is 6.92 Å². The zero-order chi connectivity index (χ0) is 13.1. The van der Waals surface area contributed by atoms with Crippen LogP contribution in [-0.2, 0) is 9.84 Å². The van der Waals surface area contributed by atoms with Crippen molar-refractivity contribution in [3.63, 3.8) is 0 Å².